The van der Waals surface area contributed by atoms with E-state index in [9.17, 15) is 4.79 Å². The standard InChI is InChI=1S/C16H12ClN3OS/c1-10-5-6-18-14(7-10)20-15(21)13-9-22-16(19-13)11-3-2-4-12(17)8-11/h2-9H,1H3,(H,18,20,21). The van der Waals surface area contributed by atoms with Crippen molar-refractivity contribution in [1.29, 1.82) is 0 Å². The van der Waals surface area contributed by atoms with E-state index in [2.05, 4.69) is 15.3 Å². The molecule has 0 aliphatic rings. The van der Waals surface area contributed by atoms with E-state index in [1.54, 1.807) is 17.6 Å². The van der Waals surface area contributed by atoms with Crippen molar-refractivity contribution < 1.29 is 4.79 Å². The van der Waals surface area contributed by atoms with Gasteiger partial charge in [0.05, 0.1) is 0 Å². The van der Waals surface area contributed by atoms with E-state index >= 15 is 0 Å². The molecule has 0 spiro atoms. The highest BCUT2D eigenvalue weighted by Crippen LogP contribution is 2.26. The highest BCUT2D eigenvalue weighted by molar-refractivity contribution is 7.13. The van der Waals surface area contributed by atoms with Gasteiger partial charge >= 0.3 is 0 Å². The van der Waals surface area contributed by atoms with E-state index in [4.69, 9.17) is 11.6 Å². The zero-order valence-electron chi connectivity index (χ0n) is 11.7. The molecule has 2 heterocycles. The molecule has 3 aromatic rings. The summed E-state index contributed by atoms with van der Waals surface area (Å²) < 4.78 is 0. The molecular weight excluding hydrogens is 318 g/mol. The van der Waals surface area contributed by atoms with Gasteiger partial charge in [0.1, 0.15) is 16.5 Å². The van der Waals surface area contributed by atoms with Crippen LogP contribution in [-0.2, 0) is 0 Å². The number of hydrogen-bond acceptors (Lipinski definition) is 4. The molecule has 0 bridgehead atoms. The Hall–Kier alpha value is -2.24. The van der Waals surface area contributed by atoms with Crippen LogP contribution >= 0.6 is 22.9 Å². The molecule has 0 atom stereocenters. The summed E-state index contributed by atoms with van der Waals surface area (Å²) >= 11 is 7.38. The van der Waals surface area contributed by atoms with Gasteiger partial charge in [-0.2, -0.15) is 0 Å². The Morgan fingerprint density at radius 3 is 2.91 bits per heavy atom. The number of carbonyl (C=O) groups is 1. The number of amides is 1. The summed E-state index contributed by atoms with van der Waals surface area (Å²) in [6.07, 6.45) is 1.66. The molecule has 0 saturated carbocycles. The second-order valence-corrected chi connectivity index (χ2v) is 6.02. The van der Waals surface area contributed by atoms with Crippen molar-refractivity contribution in [3.63, 3.8) is 0 Å². The second kappa shape index (κ2) is 6.25. The fourth-order valence-electron chi connectivity index (χ4n) is 1.92. The van der Waals surface area contributed by atoms with Crippen LogP contribution in [0.25, 0.3) is 10.6 Å². The van der Waals surface area contributed by atoms with Gasteiger partial charge < -0.3 is 5.32 Å². The number of pyridine rings is 1. The smallest absolute Gasteiger partial charge is 0.276 e. The van der Waals surface area contributed by atoms with Gasteiger partial charge in [0.15, 0.2) is 0 Å². The second-order valence-electron chi connectivity index (χ2n) is 4.72. The van der Waals surface area contributed by atoms with Crippen LogP contribution in [0.4, 0.5) is 5.82 Å². The Labute approximate surface area is 136 Å². The Morgan fingerprint density at radius 1 is 1.27 bits per heavy atom. The lowest BCUT2D eigenvalue weighted by Gasteiger charge is -2.02. The summed E-state index contributed by atoms with van der Waals surface area (Å²) in [6, 6.07) is 11.1. The number of aryl methyl sites for hydroxylation is 1. The third kappa shape index (κ3) is 3.32. The number of thiazole rings is 1. The van der Waals surface area contributed by atoms with Crippen molar-refractivity contribution in [3.8, 4) is 10.6 Å². The molecule has 0 radical (unpaired) electrons. The average molecular weight is 330 g/mol. The van der Waals surface area contributed by atoms with Crippen LogP contribution < -0.4 is 5.32 Å². The number of benzene rings is 1. The largest absolute Gasteiger partial charge is 0.305 e. The molecule has 0 fully saturated rings. The lowest BCUT2D eigenvalue weighted by molar-refractivity contribution is 0.102. The number of nitrogens with zero attached hydrogens (tertiary/aromatic N) is 2. The van der Waals surface area contributed by atoms with Gasteiger partial charge in [0, 0.05) is 22.2 Å². The number of nitrogens with one attached hydrogen (secondary N) is 1. The van der Waals surface area contributed by atoms with Gasteiger partial charge in [0.2, 0.25) is 0 Å². The number of anilines is 1. The van der Waals surface area contributed by atoms with Crippen LogP contribution in [-0.4, -0.2) is 15.9 Å². The first-order valence-electron chi connectivity index (χ1n) is 6.57. The molecule has 3 rings (SSSR count). The normalized spacial score (nSPS) is 10.5. The van der Waals surface area contributed by atoms with Gasteiger partial charge in [-0.05, 0) is 36.8 Å². The minimum Gasteiger partial charge on any atom is -0.305 e. The molecule has 1 aromatic carbocycles. The highest BCUT2D eigenvalue weighted by Gasteiger charge is 2.12. The summed E-state index contributed by atoms with van der Waals surface area (Å²) in [5.41, 5.74) is 2.29. The van der Waals surface area contributed by atoms with E-state index in [0.717, 1.165) is 16.1 Å². The van der Waals surface area contributed by atoms with Gasteiger partial charge in [-0.25, -0.2) is 9.97 Å². The van der Waals surface area contributed by atoms with E-state index in [0.29, 0.717) is 16.5 Å². The van der Waals surface area contributed by atoms with Gasteiger partial charge in [0.25, 0.3) is 5.91 Å². The minimum absolute atomic E-state index is 0.275. The van der Waals surface area contributed by atoms with Crippen LogP contribution in [0.1, 0.15) is 16.1 Å². The zero-order chi connectivity index (χ0) is 15.5. The Bertz CT molecular complexity index is 832. The first kappa shape index (κ1) is 14.7. The number of aromatic nitrogens is 2. The zero-order valence-corrected chi connectivity index (χ0v) is 13.3. The molecule has 1 N–H and O–H groups in total. The number of carbonyl (C=O) groups excluding carboxylic acids is 1. The molecule has 0 aliphatic carbocycles. The molecular formula is C16H12ClN3OS. The van der Waals surface area contributed by atoms with Crippen LogP contribution in [0.3, 0.4) is 0 Å². The van der Waals surface area contributed by atoms with Crippen LogP contribution in [0.15, 0.2) is 48.0 Å². The van der Waals surface area contributed by atoms with Crippen molar-refractivity contribution in [2.75, 3.05) is 5.32 Å². The molecule has 0 aliphatic heterocycles. The van der Waals surface area contributed by atoms with E-state index in [1.165, 1.54) is 11.3 Å². The van der Waals surface area contributed by atoms with Crippen LogP contribution in [0.5, 0.6) is 0 Å². The summed E-state index contributed by atoms with van der Waals surface area (Å²) in [6.45, 7) is 1.94. The van der Waals surface area contributed by atoms with Crippen molar-refractivity contribution in [2.24, 2.45) is 0 Å². The van der Waals surface area contributed by atoms with Gasteiger partial charge in [-0.15, -0.1) is 11.3 Å². The van der Waals surface area contributed by atoms with Crippen LogP contribution in [0.2, 0.25) is 5.02 Å². The van der Waals surface area contributed by atoms with Crippen LogP contribution in [0, 0.1) is 6.92 Å². The predicted molar refractivity (Wildman–Crippen MR) is 89.5 cm³/mol. The topological polar surface area (TPSA) is 54.9 Å². The predicted octanol–water partition coefficient (Wildman–Crippen LogP) is 4.42. The number of hydrogen-bond donors (Lipinski definition) is 1. The summed E-state index contributed by atoms with van der Waals surface area (Å²) in [7, 11) is 0. The Balaban J connectivity index is 1.80. The lowest BCUT2D eigenvalue weighted by atomic mass is 10.2. The molecule has 1 amide bonds. The summed E-state index contributed by atoms with van der Waals surface area (Å²) in [5.74, 6) is 0.241. The number of halogens is 1. The Kier molecular flexibility index (Phi) is 4.18. The third-order valence-electron chi connectivity index (χ3n) is 2.97. The van der Waals surface area contributed by atoms with Gasteiger partial charge in [-0.3, -0.25) is 4.79 Å². The van der Waals surface area contributed by atoms with Crippen molar-refractivity contribution >= 4 is 34.7 Å². The Morgan fingerprint density at radius 2 is 2.14 bits per heavy atom. The first-order valence-corrected chi connectivity index (χ1v) is 7.83. The molecule has 0 unspecified atom stereocenters. The molecule has 110 valence electrons. The molecule has 2 aromatic heterocycles. The van der Waals surface area contributed by atoms with E-state index < -0.39 is 0 Å². The molecule has 6 heteroatoms. The third-order valence-corrected chi connectivity index (χ3v) is 4.09. The summed E-state index contributed by atoms with van der Waals surface area (Å²) in [4.78, 5) is 20.7. The minimum atomic E-state index is -0.275. The number of rotatable bonds is 3. The SMILES string of the molecule is Cc1ccnc(NC(=O)c2csc(-c3cccc(Cl)c3)n2)c1. The van der Waals surface area contributed by atoms with E-state index in [1.807, 2.05) is 37.3 Å². The quantitative estimate of drug-likeness (QED) is 0.774. The lowest BCUT2D eigenvalue weighted by Crippen LogP contribution is -2.13. The maximum atomic E-state index is 12.2. The molecule has 4 nitrogen and oxygen atoms in total. The van der Waals surface area contributed by atoms with E-state index in [-0.39, 0.29) is 5.91 Å². The van der Waals surface area contributed by atoms with Crippen molar-refractivity contribution in [1.82, 2.24) is 9.97 Å². The monoisotopic (exact) mass is 329 g/mol. The first-order chi connectivity index (χ1) is 10.6. The maximum Gasteiger partial charge on any atom is 0.276 e. The fourth-order valence-corrected chi connectivity index (χ4v) is 2.90. The summed E-state index contributed by atoms with van der Waals surface area (Å²) in [5, 5.41) is 5.86. The van der Waals surface area contributed by atoms with Gasteiger partial charge in [-0.1, -0.05) is 23.7 Å². The maximum absolute atomic E-state index is 12.2. The van der Waals surface area contributed by atoms with Crippen molar-refractivity contribution in [2.45, 2.75) is 6.92 Å². The van der Waals surface area contributed by atoms with Crippen molar-refractivity contribution in [3.05, 3.63) is 64.3 Å². The molecule has 22 heavy (non-hydrogen) atoms. The molecule has 0 saturated heterocycles. The highest BCUT2D eigenvalue weighted by atomic mass is 35.5. The average Bonchev–Trinajstić information content (AvgIpc) is 2.97. The fraction of sp³-hybridized carbons (Fsp3) is 0.0625.